The average Bonchev–Trinajstić information content (AvgIpc) is 2.46. The van der Waals surface area contributed by atoms with Gasteiger partial charge >= 0.3 is 0 Å². The highest BCUT2D eigenvalue weighted by atomic mass is 19.1. The van der Waals surface area contributed by atoms with Gasteiger partial charge in [-0.15, -0.1) is 0 Å². The molecule has 1 aromatic rings. The van der Waals surface area contributed by atoms with Gasteiger partial charge in [0.15, 0.2) is 0 Å². The number of piperidine rings is 1. The predicted molar refractivity (Wildman–Crippen MR) is 75.7 cm³/mol. The maximum Gasteiger partial charge on any atom is 0.273 e. The number of nitrogens with zero attached hydrogens (tertiary/aromatic N) is 2. The number of nitro groups is 1. The topological polar surface area (TPSA) is 75.5 Å². The van der Waals surface area contributed by atoms with Crippen molar-refractivity contribution in [2.45, 2.75) is 25.3 Å². The Bertz CT molecular complexity index is 569. The van der Waals surface area contributed by atoms with Crippen molar-refractivity contribution in [3.8, 4) is 0 Å². The molecule has 0 spiro atoms. The number of rotatable bonds is 3. The van der Waals surface area contributed by atoms with Crippen LogP contribution in [-0.4, -0.2) is 41.4 Å². The number of halogens is 1. The Hall–Kier alpha value is -2.02. The third-order valence-corrected chi connectivity index (χ3v) is 4.10. The van der Waals surface area contributed by atoms with Crippen LogP contribution in [0.1, 0.15) is 30.1 Å². The van der Waals surface area contributed by atoms with Crippen LogP contribution in [0.15, 0.2) is 18.2 Å². The SMILES string of the molecule is CNC1(C)CCN(C(=O)c2cc(F)cc([N+](=O)[O-])c2)CC1. The van der Waals surface area contributed by atoms with Gasteiger partial charge in [0.2, 0.25) is 0 Å². The normalized spacial score (nSPS) is 17.6. The zero-order valence-corrected chi connectivity index (χ0v) is 12.1. The van der Waals surface area contributed by atoms with Crippen molar-refractivity contribution in [1.82, 2.24) is 10.2 Å². The third-order valence-electron chi connectivity index (χ3n) is 4.10. The number of amides is 1. The first-order valence-corrected chi connectivity index (χ1v) is 6.78. The zero-order chi connectivity index (χ0) is 15.6. The number of hydrogen-bond acceptors (Lipinski definition) is 4. The van der Waals surface area contributed by atoms with Crippen LogP contribution in [0.25, 0.3) is 0 Å². The van der Waals surface area contributed by atoms with Crippen molar-refractivity contribution >= 4 is 11.6 Å². The van der Waals surface area contributed by atoms with Gasteiger partial charge in [-0.25, -0.2) is 4.39 Å². The van der Waals surface area contributed by atoms with E-state index in [-0.39, 0.29) is 17.0 Å². The lowest BCUT2D eigenvalue weighted by atomic mass is 9.89. The smallest absolute Gasteiger partial charge is 0.273 e. The molecular formula is C14H18FN3O3. The van der Waals surface area contributed by atoms with E-state index in [4.69, 9.17) is 0 Å². The maximum atomic E-state index is 13.4. The molecule has 1 fully saturated rings. The molecule has 114 valence electrons. The molecule has 1 aromatic carbocycles. The van der Waals surface area contributed by atoms with Crippen LogP contribution in [0, 0.1) is 15.9 Å². The minimum absolute atomic E-state index is 0.00921. The fourth-order valence-electron chi connectivity index (χ4n) is 2.44. The summed E-state index contributed by atoms with van der Waals surface area (Å²) in [6, 6.07) is 2.98. The molecule has 7 heteroatoms. The molecule has 6 nitrogen and oxygen atoms in total. The van der Waals surface area contributed by atoms with Crippen molar-refractivity contribution in [1.29, 1.82) is 0 Å². The molecule has 1 heterocycles. The van der Waals surface area contributed by atoms with Gasteiger partial charge in [-0.05, 0) is 32.9 Å². The number of carbonyl (C=O) groups excluding carboxylic acids is 1. The summed E-state index contributed by atoms with van der Waals surface area (Å²) in [5, 5.41) is 14.0. The number of hydrogen-bond donors (Lipinski definition) is 1. The molecule has 0 atom stereocenters. The number of nitro benzene ring substituents is 1. The van der Waals surface area contributed by atoms with E-state index in [1.165, 1.54) is 0 Å². The Morgan fingerprint density at radius 3 is 2.52 bits per heavy atom. The second-order valence-electron chi connectivity index (χ2n) is 5.56. The minimum Gasteiger partial charge on any atom is -0.339 e. The quantitative estimate of drug-likeness (QED) is 0.683. The van der Waals surface area contributed by atoms with Crippen LogP contribution in [0.4, 0.5) is 10.1 Å². The fourth-order valence-corrected chi connectivity index (χ4v) is 2.44. The first-order chi connectivity index (χ1) is 9.84. The molecule has 1 saturated heterocycles. The molecule has 2 rings (SSSR count). The van der Waals surface area contributed by atoms with Gasteiger partial charge in [0.1, 0.15) is 5.82 Å². The van der Waals surface area contributed by atoms with Crippen LogP contribution in [0.2, 0.25) is 0 Å². The van der Waals surface area contributed by atoms with E-state index in [0.29, 0.717) is 13.1 Å². The van der Waals surface area contributed by atoms with Gasteiger partial charge in [-0.1, -0.05) is 0 Å². The Kier molecular flexibility index (Phi) is 4.22. The second-order valence-corrected chi connectivity index (χ2v) is 5.56. The summed E-state index contributed by atoms with van der Waals surface area (Å²) in [5.74, 6) is -1.14. The van der Waals surface area contributed by atoms with Crippen LogP contribution < -0.4 is 5.32 Å². The van der Waals surface area contributed by atoms with Gasteiger partial charge < -0.3 is 10.2 Å². The molecule has 0 unspecified atom stereocenters. The van der Waals surface area contributed by atoms with Gasteiger partial charge in [0.05, 0.1) is 11.0 Å². The van der Waals surface area contributed by atoms with Gasteiger partial charge in [-0.3, -0.25) is 14.9 Å². The first kappa shape index (κ1) is 15.4. The average molecular weight is 295 g/mol. The van der Waals surface area contributed by atoms with E-state index >= 15 is 0 Å². The summed E-state index contributed by atoms with van der Waals surface area (Å²) in [5.41, 5.74) is -0.393. The molecule has 1 N–H and O–H groups in total. The van der Waals surface area contributed by atoms with E-state index in [0.717, 1.165) is 31.0 Å². The molecule has 1 aliphatic rings. The van der Waals surface area contributed by atoms with E-state index < -0.39 is 16.4 Å². The first-order valence-electron chi connectivity index (χ1n) is 6.78. The largest absolute Gasteiger partial charge is 0.339 e. The summed E-state index contributed by atoms with van der Waals surface area (Å²) >= 11 is 0. The number of likely N-dealkylation sites (tertiary alicyclic amines) is 1. The predicted octanol–water partition coefficient (Wildman–Crippen LogP) is 1.95. The third kappa shape index (κ3) is 3.36. The molecule has 0 aromatic heterocycles. The molecule has 1 aliphatic heterocycles. The van der Waals surface area contributed by atoms with E-state index in [1.54, 1.807) is 4.90 Å². The standard InChI is InChI=1S/C14H18FN3O3/c1-14(16-2)3-5-17(6-4-14)13(19)10-7-11(15)9-12(8-10)18(20)21/h7-9,16H,3-6H2,1-2H3. The summed E-state index contributed by atoms with van der Waals surface area (Å²) in [4.78, 5) is 24.0. The number of non-ortho nitro benzene ring substituents is 1. The fraction of sp³-hybridized carbons (Fsp3) is 0.500. The van der Waals surface area contributed by atoms with Gasteiger partial charge in [0.25, 0.3) is 11.6 Å². The van der Waals surface area contributed by atoms with E-state index in [2.05, 4.69) is 12.2 Å². The number of carbonyl (C=O) groups is 1. The minimum atomic E-state index is -0.773. The molecule has 0 aliphatic carbocycles. The van der Waals surface area contributed by atoms with Crippen molar-refractivity contribution < 1.29 is 14.1 Å². The van der Waals surface area contributed by atoms with Gasteiger partial charge in [0, 0.05) is 30.3 Å². The van der Waals surface area contributed by atoms with Crippen LogP contribution in [0.5, 0.6) is 0 Å². The lowest BCUT2D eigenvalue weighted by molar-refractivity contribution is -0.385. The van der Waals surface area contributed by atoms with Crippen LogP contribution in [-0.2, 0) is 0 Å². The monoisotopic (exact) mass is 295 g/mol. The Labute approximate surface area is 122 Å². The van der Waals surface area contributed by atoms with Gasteiger partial charge in [-0.2, -0.15) is 0 Å². The molecule has 0 radical (unpaired) electrons. The highest BCUT2D eigenvalue weighted by molar-refractivity contribution is 5.95. The number of benzene rings is 1. The number of nitrogens with one attached hydrogen (secondary N) is 1. The summed E-state index contributed by atoms with van der Waals surface area (Å²) in [6.45, 7) is 3.17. The summed E-state index contributed by atoms with van der Waals surface area (Å²) in [7, 11) is 1.88. The molecule has 0 saturated carbocycles. The van der Waals surface area contributed by atoms with Crippen LogP contribution in [0.3, 0.4) is 0 Å². The molecule has 1 amide bonds. The molecule has 0 bridgehead atoms. The lowest BCUT2D eigenvalue weighted by Gasteiger charge is -2.39. The van der Waals surface area contributed by atoms with E-state index in [9.17, 15) is 19.3 Å². The Morgan fingerprint density at radius 2 is 2.00 bits per heavy atom. The zero-order valence-electron chi connectivity index (χ0n) is 12.1. The lowest BCUT2D eigenvalue weighted by Crippen LogP contribution is -2.51. The van der Waals surface area contributed by atoms with E-state index in [1.807, 2.05) is 7.05 Å². The van der Waals surface area contributed by atoms with Crippen molar-refractivity contribution in [3.05, 3.63) is 39.7 Å². The van der Waals surface area contributed by atoms with Crippen molar-refractivity contribution in [3.63, 3.8) is 0 Å². The Morgan fingerprint density at radius 1 is 1.38 bits per heavy atom. The second kappa shape index (κ2) is 5.77. The highest BCUT2D eigenvalue weighted by Crippen LogP contribution is 2.24. The summed E-state index contributed by atoms with van der Waals surface area (Å²) < 4.78 is 13.4. The maximum absolute atomic E-state index is 13.4. The van der Waals surface area contributed by atoms with Crippen molar-refractivity contribution in [2.75, 3.05) is 20.1 Å². The van der Waals surface area contributed by atoms with Crippen molar-refractivity contribution in [2.24, 2.45) is 0 Å². The molecule has 21 heavy (non-hydrogen) atoms. The highest BCUT2D eigenvalue weighted by Gasteiger charge is 2.31. The summed E-state index contributed by atoms with van der Waals surface area (Å²) in [6.07, 6.45) is 1.57. The van der Waals surface area contributed by atoms with Crippen LogP contribution >= 0.6 is 0 Å². The molecular weight excluding hydrogens is 277 g/mol. The Balaban J connectivity index is 2.16.